The number of ether oxygens (including phenoxy) is 1. The van der Waals surface area contributed by atoms with Crippen LogP contribution in [0, 0.1) is 0 Å². The van der Waals surface area contributed by atoms with E-state index < -0.39 is 0 Å². The number of furan rings is 1. The first-order valence-electron chi connectivity index (χ1n) is 5.41. The normalized spacial score (nSPS) is 10.6. The summed E-state index contributed by atoms with van der Waals surface area (Å²) in [6.07, 6.45) is 2.95. The van der Waals surface area contributed by atoms with Crippen molar-refractivity contribution in [2.45, 2.75) is 0 Å². The molecule has 0 unspecified atom stereocenters. The van der Waals surface area contributed by atoms with Crippen LogP contribution in [-0.2, 0) is 0 Å². The highest BCUT2D eigenvalue weighted by atomic mass is 79.9. The Morgan fingerprint density at radius 2 is 2.32 bits per heavy atom. The number of amides is 1. The molecule has 1 aromatic carbocycles. The molecule has 6 heteroatoms. The predicted octanol–water partition coefficient (Wildman–Crippen LogP) is 2.81. The van der Waals surface area contributed by atoms with E-state index in [9.17, 15) is 4.79 Å². The fourth-order valence-electron chi connectivity index (χ4n) is 1.44. The maximum atomic E-state index is 11.9. The molecule has 98 valence electrons. The van der Waals surface area contributed by atoms with Crippen molar-refractivity contribution in [1.82, 2.24) is 5.43 Å². The van der Waals surface area contributed by atoms with Crippen molar-refractivity contribution in [3.8, 4) is 5.75 Å². The highest BCUT2D eigenvalue weighted by molar-refractivity contribution is 9.10. The van der Waals surface area contributed by atoms with Crippen molar-refractivity contribution in [1.29, 1.82) is 0 Å². The number of nitrogens with one attached hydrogen (secondary N) is 1. The highest BCUT2D eigenvalue weighted by Gasteiger charge is 2.11. The Morgan fingerprint density at radius 3 is 3.00 bits per heavy atom. The van der Waals surface area contributed by atoms with Crippen LogP contribution >= 0.6 is 15.9 Å². The van der Waals surface area contributed by atoms with E-state index in [4.69, 9.17) is 9.15 Å². The van der Waals surface area contributed by atoms with Gasteiger partial charge in [0.1, 0.15) is 11.5 Å². The molecule has 1 amide bonds. The Labute approximate surface area is 118 Å². The molecule has 19 heavy (non-hydrogen) atoms. The van der Waals surface area contributed by atoms with Crippen LogP contribution in [0.2, 0.25) is 0 Å². The minimum Gasteiger partial charge on any atom is -0.496 e. The lowest BCUT2D eigenvalue weighted by Crippen LogP contribution is -2.18. The second-order valence-electron chi connectivity index (χ2n) is 3.56. The van der Waals surface area contributed by atoms with Gasteiger partial charge in [0.05, 0.1) is 25.2 Å². The van der Waals surface area contributed by atoms with E-state index in [0.717, 1.165) is 4.47 Å². The molecule has 2 aromatic rings. The van der Waals surface area contributed by atoms with Gasteiger partial charge >= 0.3 is 0 Å². The zero-order chi connectivity index (χ0) is 13.7. The molecule has 0 fully saturated rings. The number of hydrogen-bond acceptors (Lipinski definition) is 4. The van der Waals surface area contributed by atoms with Crippen molar-refractivity contribution < 1.29 is 13.9 Å². The van der Waals surface area contributed by atoms with Crippen LogP contribution in [0.5, 0.6) is 5.75 Å². The van der Waals surface area contributed by atoms with Gasteiger partial charge in [-0.2, -0.15) is 5.10 Å². The minimum atomic E-state index is -0.360. The van der Waals surface area contributed by atoms with E-state index in [-0.39, 0.29) is 5.91 Å². The number of carbonyl (C=O) groups is 1. The molecule has 2 rings (SSSR count). The van der Waals surface area contributed by atoms with Crippen molar-refractivity contribution in [3.63, 3.8) is 0 Å². The quantitative estimate of drug-likeness (QED) is 0.695. The van der Waals surface area contributed by atoms with Gasteiger partial charge < -0.3 is 9.15 Å². The number of benzene rings is 1. The molecular weight excluding hydrogens is 312 g/mol. The van der Waals surface area contributed by atoms with Gasteiger partial charge in [0.2, 0.25) is 0 Å². The number of halogens is 1. The summed E-state index contributed by atoms with van der Waals surface area (Å²) in [6, 6.07) is 8.63. The van der Waals surface area contributed by atoms with Crippen molar-refractivity contribution in [2.75, 3.05) is 7.11 Å². The minimum absolute atomic E-state index is 0.360. The van der Waals surface area contributed by atoms with Crippen LogP contribution in [0.1, 0.15) is 16.1 Å². The SMILES string of the molecule is COc1ccc(Br)cc1C(=O)N/N=C\c1ccco1. The van der Waals surface area contributed by atoms with E-state index in [2.05, 4.69) is 26.5 Å². The van der Waals surface area contributed by atoms with E-state index in [1.807, 2.05) is 0 Å². The second-order valence-corrected chi connectivity index (χ2v) is 4.47. The van der Waals surface area contributed by atoms with Gasteiger partial charge in [0, 0.05) is 4.47 Å². The number of methoxy groups -OCH3 is 1. The fraction of sp³-hybridized carbons (Fsp3) is 0.0769. The smallest absolute Gasteiger partial charge is 0.275 e. The maximum absolute atomic E-state index is 11.9. The lowest BCUT2D eigenvalue weighted by atomic mass is 10.2. The molecule has 0 aliphatic heterocycles. The van der Waals surface area contributed by atoms with E-state index >= 15 is 0 Å². The molecule has 0 atom stereocenters. The van der Waals surface area contributed by atoms with E-state index in [0.29, 0.717) is 17.1 Å². The predicted molar refractivity (Wildman–Crippen MR) is 74.5 cm³/mol. The molecule has 5 nitrogen and oxygen atoms in total. The Kier molecular flexibility index (Phi) is 4.35. The fourth-order valence-corrected chi connectivity index (χ4v) is 1.80. The summed E-state index contributed by atoms with van der Waals surface area (Å²) in [5.74, 6) is 0.677. The first-order chi connectivity index (χ1) is 9.20. The molecule has 0 saturated heterocycles. The number of rotatable bonds is 4. The first-order valence-corrected chi connectivity index (χ1v) is 6.20. The summed E-state index contributed by atoms with van der Waals surface area (Å²) in [7, 11) is 1.51. The second kappa shape index (κ2) is 6.19. The molecule has 1 heterocycles. The molecule has 0 radical (unpaired) electrons. The highest BCUT2D eigenvalue weighted by Crippen LogP contribution is 2.22. The van der Waals surface area contributed by atoms with E-state index in [1.165, 1.54) is 19.6 Å². The summed E-state index contributed by atoms with van der Waals surface area (Å²) in [5, 5.41) is 3.81. The van der Waals surface area contributed by atoms with Crippen LogP contribution in [-0.4, -0.2) is 19.2 Å². The van der Waals surface area contributed by atoms with Crippen molar-refractivity contribution in [3.05, 3.63) is 52.4 Å². The zero-order valence-electron chi connectivity index (χ0n) is 10.1. The Balaban J connectivity index is 2.09. The summed E-state index contributed by atoms with van der Waals surface area (Å²) in [5.41, 5.74) is 2.81. The van der Waals surface area contributed by atoms with Gasteiger partial charge in [0.15, 0.2) is 0 Å². The Hall–Kier alpha value is -2.08. The monoisotopic (exact) mass is 322 g/mol. The molecule has 0 bridgehead atoms. The van der Waals surface area contributed by atoms with Gasteiger partial charge in [-0.1, -0.05) is 15.9 Å². The molecule has 1 N–H and O–H groups in total. The molecule has 0 aliphatic carbocycles. The van der Waals surface area contributed by atoms with Crippen molar-refractivity contribution in [2.24, 2.45) is 5.10 Å². The van der Waals surface area contributed by atoms with Gasteiger partial charge in [-0.15, -0.1) is 0 Å². The van der Waals surface area contributed by atoms with Gasteiger partial charge in [-0.3, -0.25) is 4.79 Å². The molecule has 0 aliphatic rings. The van der Waals surface area contributed by atoms with Crippen LogP contribution in [0.3, 0.4) is 0 Å². The molecular formula is C13H11BrN2O3. The summed E-state index contributed by atoms with van der Waals surface area (Å²) in [6.45, 7) is 0. The summed E-state index contributed by atoms with van der Waals surface area (Å²) in [4.78, 5) is 11.9. The standard InChI is InChI=1S/C13H11BrN2O3/c1-18-12-5-4-9(14)7-11(12)13(17)16-15-8-10-3-2-6-19-10/h2-8H,1H3,(H,16,17)/b15-8-. The van der Waals surface area contributed by atoms with Crippen LogP contribution in [0.15, 0.2) is 50.6 Å². The van der Waals surface area contributed by atoms with Crippen LogP contribution < -0.4 is 10.2 Å². The van der Waals surface area contributed by atoms with Gasteiger partial charge in [0.25, 0.3) is 5.91 Å². The number of nitrogens with zero attached hydrogens (tertiary/aromatic N) is 1. The molecule has 0 saturated carbocycles. The largest absolute Gasteiger partial charge is 0.496 e. The topological polar surface area (TPSA) is 63.8 Å². The molecule has 1 aromatic heterocycles. The zero-order valence-corrected chi connectivity index (χ0v) is 11.7. The number of hydrogen-bond donors (Lipinski definition) is 1. The van der Waals surface area contributed by atoms with Crippen LogP contribution in [0.4, 0.5) is 0 Å². The third-order valence-electron chi connectivity index (χ3n) is 2.31. The van der Waals surface area contributed by atoms with Crippen LogP contribution in [0.25, 0.3) is 0 Å². The Morgan fingerprint density at radius 1 is 1.47 bits per heavy atom. The lowest BCUT2D eigenvalue weighted by Gasteiger charge is -2.07. The van der Waals surface area contributed by atoms with Crippen molar-refractivity contribution >= 4 is 28.1 Å². The van der Waals surface area contributed by atoms with Gasteiger partial charge in [-0.25, -0.2) is 5.43 Å². The average molecular weight is 323 g/mol. The summed E-state index contributed by atoms with van der Waals surface area (Å²) < 4.78 is 11.0. The Bertz CT molecular complexity index is 594. The molecule has 0 spiro atoms. The lowest BCUT2D eigenvalue weighted by molar-refractivity contribution is 0.0952. The van der Waals surface area contributed by atoms with E-state index in [1.54, 1.807) is 30.3 Å². The number of hydrazone groups is 1. The maximum Gasteiger partial charge on any atom is 0.275 e. The average Bonchev–Trinajstić information content (AvgIpc) is 2.91. The third-order valence-corrected chi connectivity index (χ3v) is 2.80. The van der Waals surface area contributed by atoms with Gasteiger partial charge in [-0.05, 0) is 30.3 Å². The summed E-state index contributed by atoms with van der Waals surface area (Å²) >= 11 is 3.30. The third kappa shape index (κ3) is 3.45. The number of carbonyl (C=O) groups excluding carboxylic acids is 1. The first kappa shape index (κ1) is 13.4.